The summed E-state index contributed by atoms with van der Waals surface area (Å²) in [6.07, 6.45) is -3.21. The zero-order valence-electron chi connectivity index (χ0n) is 13.8. The van der Waals surface area contributed by atoms with Gasteiger partial charge in [-0.25, -0.2) is 14.8 Å². The van der Waals surface area contributed by atoms with Crippen LogP contribution in [0.1, 0.15) is 11.4 Å². The van der Waals surface area contributed by atoms with E-state index in [9.17, 15) is 18.0 Å². The summed E-state index contributed by atoms with van der Waals surface area (Å²) in [5, 5.41) is 5.17. The van der Waals surface area contributed by atoms with Gasteiger partial charge in [0.1, 0.15) is 5.52 Å². The van der Waals surface area contributed by atoms with Crippen molar-refractivity contribution >= 4 is 22.9 Å². The van der Waals surface area contributed by atoms with Crippen LogP contribution in [0.3, 0.4) is 0 Å². The van der Waals surface area contributed by atoms with E-state index in [2.05, 4.69) is 20.6 Å². The maximum absolute atomic E-state index is 13.2. The summed E-state index contributed by atoms with van der Waals surface area (Å²) in [6, 6.07) is 9.68. The SMILES string of the molecule is Cc1cccc(NC(=O)NCCn2c(C(F)(F)F)nc3cccnc32)c1. The molecule has 2 amide bonds. The number of alkyl halides is 3. The van der Waals surface area contributed by atoms with Crippen LogP contribution >= 0.6 is 0 Å². The quantitative estimate of drug-likeness (QED) is 0.744. The maximum Gasteiger partial charge on any atom is 0.449 e. The highest BCUT2D eigenvalue weighted by Gasteiger charge is 2.37. The minimum absolute atomic E-state index is 0.0111. The zero-order chi connectivity index (χ0) is 18.7. The average Bonchev–Trinajstić information content (AvgIpc) is 2.94. The first-order valence-corrected chi connectivity index (χ1v) is 7.84. The average molecular weight is 363 g/mol. The van der Waals surface area contributed by atoms with E-state index in [1.54, 1.807) is 18.2 Å². The van der Waals surface area contributed by atoms with Crippen molar-refractivity contribution in [1.29, 1.82) is 0 Å². The first kappa shape index (κ1) is 17.7. The van der Waals surface area contributed by atoms with Crippen LogP contribution in [0.4, 0.5) is 23.7 Å². The van der Waals surface area contributed by atoms with Gasteiger partial charge in [-0.3, -0.25) is 0 Å². The summed E-state index contributed by atoms with van der Waals surface area (Å²) in [5.74, 6) is -1.04. The minimum atomic E-state index is -4.61. The molecule has 3 rings (SSSR count). The molecule has 0 radical (unpaired) electrons. The second-order valence-electron chi connectivity index (χ2n) is 5.68. The van der Waals surface area contributed by atoms with Crippen LogP contribution in [0.2, 0.25) is 0 Å². The molecule has 0 aliphatic carbocycles. The highest BCUT2D eigenvalue weighted by atomic mass is 19.4. The smallest absolute Gasteiger partial charge is 0.336 e. The lowest BCUT2D eigenvalue weighted by Gasteiger charge is -2.12. The molecular weight excluding hydrogens is 347 g/mol. The fraction of sp³-hybridized carbons (Fsp3) is 0.235. The summed E-state index contributed by atoms with van der Waals surface area (Å²) >= 11 is 0. The molecule has 0 aliphatic heterocycles. The van der Waals surface area contributed by atoms with Crippen molar-refractivity contribution in [3.63, 3.8) is 0 Å². The Morgan fingerprint density at radius 3 is 2.77 bits per heavy atom. The largest absolute Gasteiger partial charge is 0.449 e. The van der Waals surface area contributed by atoms with Gasteiger partial charge in [0.25, 0.3) is 0 Å². The lowest BCUT2D eigenvalue weighted by atomic mass is 10.2. The highest BCUT2D eigenvalue weighted by Crippen LogP contribution is 2.30. The van der Waals surface area contributed by atoms with Gasteiger partial charge < -0.3 is 15.2 Å². The summed E-state index contributed by atoms with van der Waals surface area (Å²) in [7, 11) is 0. The predicted molar refractivity (Wildman–Crippen MR) is 90.7 cm³/mol. The molecule has 0 saturated carbocycles. The van der Waals surface area contributed by atoms with Crippen LogP contribution in [0.25, 0.3) is 11.2 Å². The third-order valence-electron chi connectivity index (χ3n) is 3.65. The lowest BCUT2D eigenvalue weighted by Crippen LogP contribution is -2.32. The van der Waals surface area contributed by atoms with E-state index >= 15 is 0 Å². The van der Waals surface area contributed by atoms with Gasteiger partial charge in [0.2, 0.25) is 5.82 Å². The molecule has 6 nitrogen and oxygen atoms in total. The molecule has 0 unspecified atom stereocenters. The third-order valence-corrected chi connectivity index (χ3v) is 3.65. The number of benzene rings is 1. The Morgan fingerprint density at radius 1 is 1.23 bits per heavy atom. The number of amides is 2. The molecule has 0 atom stereocenters. The standard InChI is InChI=1S/C17H16F3N5O/c1-11-4-2-5-12(10-11)23-16(26)22-8-9-25-14-13(6-3-7-21-14)24-15(25)17(18,19)20/h2-7,10H,8-9H2,1H3,(H2,22,23,26). The molecule has 0 spiro atoms. The monoisotopic (exact) mass is 363 g/mol. The number of aryl methyl sites for hydroxylation is 1. The number of pyridine rings is 1. The molecule has 26 heavy (non-hydrogen) atoms. The van der Waals surface area contributed by atoms with E-state index in [4.69, 9.17) is 0 Å². The number of anilines is 1. The molecule has 9 heteroatoms. The topological polar surface area (TPSA) is 71.8 Å². The molecule has 0 aliphatic rings. The summed E-state index contributed by atoms with van der Waals surface area (Å²) in [4.78, 5) is 19.5. The number of carbonyl (C=O) groups is 1. The Balaban J connectivity index is 1.69. The highest BCUT2D eigenvalue weighted by molar-refractivity contribution is 5.89. The van der Waals surface area contributed by atoms with Gasteiger partial charge in [-0.15, -0.1) is 0 Å². The Hall–Kier alpha value is -3.10. The second kappa shape index (κ2) is 7.03. The number of nitrogens with one attached hydrogen (secondary N) is 2. The van der Waals surface area contributed by atoms with Crippen LogP contribution in [0.5, 0.6) is 0 Å². The van der Waals surface area contributed by atoms with Gasteiger partial charge in [-0.1, -0.05) is 12.1 Å². The Kier molecular flexibility index (Phi) is 4.79. The number of fused-ring (bicyclic) bond motifs is 1. The number of urea groups is 1. The molecule has 2 aromatic heterocycles. The Bertz CT molecular complexity index is 936. The summed E-state index contributed by atoms with van der Waals surface area (Å²) in [5.41, 5.74) is 1.87. The molecule has 136 valence electrons. The zero-order valence-corrected chi connectivity index (χ0v) is 13.8. The molecule has 0 fully saturated rings. The van der Waals surface area contributed by atoms with Crippen molar-refractivity contribution in [3.05, 3.63) is 54.0 Å². The van der Waals surface area contributed by atoms with E-state index in [0.717, 1.165) is 10.1 Å². The van der Waals surface area contributed by atoms with Crippen molar-refractivity contribution in [2.75, 3.05) is 11.9 Å². The molecule has 3 aromatic rings. The van der Waals surface area contributed by atoms with Crippen LogP contribution in [0, 0.1) is 6.92 Å². The molecule has 1 aromatic carbocycles. The van der Waals surface area contributed by atoms with E-state index < -0.39 is 18.0 Å². The number of halogens is 3. The van der Waals surface area contributed by atoms with Crippen LogP contribution in [0.15, 0.2) is 42.6 Å². The van der Waals surface area contributed by atoms with Gasteiger partial charge in [0, 0.05) is 25.0 Å². The van der Waals surface area contributed by atoms with E-state index in [1.807, 2.05) is 13.0 Å². The fourth-order valence-corrected chi connectivity index (χ4v) is 2.57. The second-order valence-corrected chi connectivity index (χ2v) is 5.68. The van der Waals surface area contributed by atoms with E-state index in [1.165, 1.54) is 18.3 Å². The molecule has 2 heterocycles. The van der Waals surface area contributed by atoms with Crippen molar-refractivity contribution < 1.29 is 18.0 Å². The number of hydrogen-bond acceptors (Lipinski definition) is 3. The fourth-order valence-electron chi connectivity index (χ4n) is 2.57. The van der Waals surface area contributed by atoms with E-state index in [-0.39, 0.29) is 24.3 Å². The lowest BCUT2D eigenvalue weighted by molar-refractivity contribution is -0.146. The first-order chi connectivity index (χ1) is 12.3. The summed E-state index contributed by atoms with van der Waals surface area (Å²) < 4.78 is 40.5. The van der Waals surface area contributed by atoms with Crippen molar-refractivity contribution in [1.82, 2.24) is 19.9 Å². The molecule has 0 saturated heterocycles. The normalized spacial score (nSPS) is 11.5. The predicted octanol–water partition coefficient (Wildman–Crippen LogP) is 3.58. The number of hydrogen-bond donors (Lipinski definition) is 2. The molecule has 2 N–H and O–H groups in total. The van der Waals surface area contributed by atoms with Crippen LogP contribution in [-0.4, -0.2) is 27.1 Å². The van der Waals surface area contributed by atoms with Crippen molar-refractivity contribution in [2.45, 2.75) is 19.6 Å². The first-order valence-electron chi connectivity index (χ1n) is 7.84. The molecular formula is C17H16F3N5O. The number of imidazole rings is 1. The van der Waals surface area contributed by atoms with E-state index in [0.29, 0.717) is 5.69 Å². The van der Waals surface area contributed by atoms with Gasteiger partial charge in [-0.2, -0.15) is 13.2 Å². The maximum atomic E-state index is 13.2. The van der Waals surface area contributed by atoms with Crippen molar-refractivity contribution in [3.8, 4) is 0 Å². The minimum Gasteiger partial charge on any atom is -0.336 e. The number of carbonyl (C=O) groups excluding carboxylic acids is 1. The molecule has 0 bridgehead atoms. The Labute approximate surface area is 147 Å². The van der Waals surface area contributed by atoms with Gasteiger partial charge in [0.15, 0.2) is 5.65 Å². The van der Waals surface area contributed by atoms with Gasteiger partial charge in [-0.05, 0) is 36.8 Å². The van der Waals surface area contributed by atoms with Gasteiger partial charge >= 0.3 is 12.2 Å². The number of aromatic nitrogens is 3. The van der Waals surface area contributed by atoms with Crippen molar-refractivity contribution in [2.24, 2.45) is 0 Å². The van der Waals surface area contributed by atoms with Crippen LogP contribution < -0.4 is 10.6 Å². The number of rotatable bonds is 4. The van der Waals surface area contributed by atoms with Crippen LogP contribution in [-0.2, 0) is 12.7 Å². The number of nitrogens with zero attached hydrogens (tertiary/aromatic N) is 3. The Morgan fingerprint density at radius 2 is 2.04 bits per heavy atom. The third kappa shape index (κ3) is 3.93. The summed E-state index contributed by atoms with van der Waals surface area (Å²) in [6.45, 7) is 1.77. The van der Waals surface area contributed by atoms with Gasteiger partial charge in [0.05, 0.1) is 0 Å².